The molecule has 116 valence electrons. The van der Waals surface area contributed by atoms with Gasteiger partial charge in [-0.05, 0) is 19.8 Å². The lowest BCUT2D eigenvalue weighted by molar-refractivity contribution is -0.134. The van der Waals surface area contributed by atoms with Crippen LogP contribution in [0.2, 0.25) is 0 Å². The highest BCUT2D eigenvalue weighted by Gasteiger charge is 2.30. The van der Waals surface area contributed by atoms with Crippen LogP contribution in [0.15, 0.2) is 0 Å². The van der Waals surface area contributed by atoms with Gasteiger partial charge in [0.2, 0.25) is 5.91 Å². The average molecular weight is 302 g/mol. The molecule has 0 aromatic heterocycles. The second kappa shape index (κ2) is 6.89. The van der Waals surface area contributed by atoms with Gasteiger partial charge >= 0.3 is 0 Å². The average Bonchev–Trinajstić information content (AvgIpc) is 2.39. The van der Waals surface area contributed by atoms with Crippen molar-refractivity contribution in [1.29, 1.82) is 0 Å². The molecule has 5 nitrogen and oxygen atoms in total. The van der Waals surface area contributed by atoms with Crippen molar-refractivity contribution in [3.63, 3.8) is 0 Å². The molecule has 1 saturated heterocycles. The minimum Gasteiger partial charge on any atom is -0.340 e. The number of carbonyl (C=O) groups excluding carboxylic acids is 1. The van der Waals surface area contributed by atoms with Crippen molar-refractivity contribution in [3.05, 3.63) is 0 Å². The van der Waals surface area contributed by atoms with E-state index in [1.165, 1.54) is 19.3 Å². The molecule has 1 saturated carbocycles. The summed E-state index contributed by atoms with van der Waals surface area (Å²) in [5, 5.41) is 3.16. The summed E-state index contributed by atoms with van der Waals surface area (Å²) in [6.45, 7) is 3.20. The zero-order valence-corrected chi connectivity index (χ0v) is 13.1. The van der Waals surface area contributed by atoms with Crippen LogP contribution in [0.4, 0.5) is 0 Å². The van der Waals surface area contributed by atoms with Crippen molar-refractivity contribution >= 4 is 15.7 Å². The number of sulfone groups is 1. The van der Waals surface area contributed by atoms with Crippen LogP contribution in [-0.2, 0) is 14.6 Å². The first-order valence-corrected chi connectivity index (χ1v) is 9.57. The fourth-order valence-electron chi connectivity index (χ4n) is 3.36. The minimum absolute atomic E-state index is 0.0982. The first-order valence-electron chi connectivity index (χ1n) is 7.75. The van der Waals surface area contributed by atoms with E-state index in [0.717, 1.165) is 19.4 Å². The summed E-state index contributed by atoms with van der Waals surface area (Å²) in [5.41, 5.74) is 0. The number of carbonyl (C=O) groups is 1. The summed E-state index contributed by atoms with van der Waals surface area (Å²) in [5.74, 6) is 0.396. The molecule has 20 heavy (non-hydrogen) atoms. The van der Waals surface area contributed by atoms with E-state index >= 15 is 0 Å². The molecule has 1 aliphatic heterocycles. The molecule has 0 aromatic rings. The minimum atomic E-state index is -2.97. The Kier molecular flexibility index (Phi) is 5.43. The molecule has 1 atom stereocenters. The van der Waals surface area contributed by atoms with E-state index in [1.807, 2.05) is 11.8 Å². The fraction of sp³-hybridized carbons (Fsp3) is 0.929. The van der Waals surface area contributed by atoms with Gasteiger partial charge in [-0.2, -0.15) is 0 Å². The van der Waals surface area contributed by atoms with E-state index in [2.05, 4.69) is 5.32 Å². The Morgan fingerprint density at radius 3 is 2.55 bits per heavy atom. The molecule has 0 spiro atoms. The molecule has 2 rings (SSSR count). The molecule has 0 bridgehead atoms. The summed E-state index contributed by atoms with van der Waals surface area (Å²) >= 11 is 0. The van der Waals surface area contributed by atoms with Crippen molar-refractivity contribution in [2.75, 3.05) is 24.6 Å². The van der Waals surface area contributed by atoms with Crippen molar-refractivity contribution in [2.24, 2.45) is 0 Å². The Morgan fingerprint density at radius 1 is 1.25 bits per heavy atom. The van der Waals surface area contributed by atoms with Crippen molar-refractivity contribution < 1.29 is 13.2 Å². The Balaban J connectivity index is 1.91. The maximum absolute atomic E-state index is 12.4. The summed E-state index contributed by atoms with van der Waals surface area (Å²) in [6.07, 6.45) is 6.16. The van der Waals surface area contributed by atoms with Gasteiger partial charge < -0.3 is 10.2 Å². The Labute approximate surface area is 122 Å². The smallest absolute Gasteiger partial charge is 0.224 e. The van der Waals surface area contributed by atoms with E-state index < -0.39 is 9.84 Å². The third-order valence-corrected chi connectivity index (χ3v) is 6.14. The molecular formula is C14H26N2O3S. The molecule has 6 heteroatoms. The van der Waals surface area contributed by atoms with Gasteiger partial charge in [0.25, 0.3) is 0 Å². The van der Waals surface area contributed by atoms with Crippen LogP contribution in [0, 0.1) is 0 Å². The van der Waals surface area contributed by atoms with Crippen LogP contribution < -0.4 is 5.32 Å². The summed E-state index contributed by atoms with van der Waals surface area (Å²) < 4.78 is 23.2. The zero-order chi connectivity index (χ0) is 14.6. The van der Waals surface area contributed by atoms with Gasteiger partial charge in [-0.25, -0.2) is 8.42 Å². The quantitative estimate of drug-likeness (QED) is 0.839. The highest BCUT2D eigenvalue weighted by atomic mass is 32.2. The van der Waals surface area contributed by atoms with Crippen LogP contribution in [0.3, 0.4) is 0 Å². The summed E-state index contributed by atoms with van der Waals surface area (Å²) in [4.78, 5) is 14.4. The number of hydrogen-bond acceptors (Lipinski definition) is 4. The monoisotopic (exact) mass is 302 g/mol. The Morgan fingerprint density at radius 2 is 1.95 bits per heavy atom. The zero-order valence-electron chi connectivity index (χ0n) is 12.3. The highest BCUT2D eigenvalue weighted by Crippen LogP contribution is 2.23. The van der Waals surface area contributed by atoms with E-state index in [0.29, 0.717) is 19.0 Å². The summed E-state index contributed by atoms with van der Waals surface area (Å²) in [7, 11) is -2.97. The highest BCUT2D eigenvalue weighted by molar-refractivity contribution is 7.91. The first-order chi connectivity index (χ1) is 9.52. The molecule has 0 aromatic carbocycles. The SMILES string of the molecule is CCN(C(=O)CC1CS(=O)(=O)CCN1)C1CCCCC1. The maximum atomic E-state index is 12.4. The second-order valence-corrected chi connectivity index (χ2v) is 8.17. The number of amides is 1. The van der Waals surface area contributed by atoms with E-state index in [-0.39, 0.29) is 23.5 Å². The topological polar surface area (TPSA) is 66.5 Å². The number of nitrogens with one attached hydrogen (secondary N) is 1. The molecule has 1 heterocycles. The largest absolute Gasteiger partial charge is 0.340 e. The van der Waals surface area contributed by atoms with E-state index in [9.17, 15) is 13.2 Å². The normalized spacial score (nSPS) is 27.1. The molecule has 1 unspecified atom stereocenters. The molecule has 2 aliphatic rings. The van der Waals surface area contributed by atoms with Gasteiger partial charge in [0.05, 0.1) is 11.5 Å². The Bertz CT molecular complexity index is 430. The molecule has 1 N–H and O–H groups in total. The third-order valence-electron chi connectivity index (χ3n) is 4.40. The first kappa shape index (κ1) is 15.8. The van der Waals surface area contributed by atoms with Crippen LogP contribution in [0.1, 0.15) is 45.4 Å². The molecule has 1 amide bonds. The van der Waals surface area contributed by atoms with Gasteiger partial charge in [0.1, 0.15) is 0 Å². The molecule has 1 aliphatic carbocycles. The fourth-order valence-corrected chi connectivity index (χ4v) is 4.80. The standard InChI is InChI=1S/C14H26N2O3S/c1-2-16(13-6-4-3-5-7-13)14(17)10-12-11-20(18,19)9-8-15-12/h12-13,15H,2-11H2,1H3. The number of rotatable bonds is 4. The van der Waals surface area contributed by atoms with Gasteiger partial charge in [-0.1, -0.05) is 19.3 Å². The molecule has 2 fully saturated rings. The van der Waals surface area contributed by atoms with Crippen molar-refractivity contribution in [1.82, 2.24) is 10.2 Å². The van der Waals surface area contributed by atoms with Gasteiger partial charge in [-0.15, -0.1) is 0 Å². The third kappa shape index (κ3) is 4.19. The number of nitrogens with zero attached hydrogens (tertiary/aromatic N) is 1. The van der Waals surface area contributed by atoms with Crippen LogP contribution in [0.5, 0.6) is 0 Å². The van der Waals surface area contributed by atoms with Crippen molar-refractivity contribution in [3.8, 4) is 0 Å². The molecule has 0 radical (unpaired) electrons. The van der Waals surface area contributed by atoms with Gasteiger partial charge in [0.15, 0.2) is 9.84 Å². The van der Waals surface area contributed by atoms with Gasteiger partial charge in [0, 0.05) is 31.6 Å². The maximum Gasteiger partial charge on any atom is 0.224 e. The molecular weight excluding hydrogens is 276 g/mol. The predicted octanol–water partition coefficient (Wildman–Crippen LogP) is 0.944. The van der Waals surface area contributed by atoms with Gasteiger partial charge in [-0.3, -0.25) is 4.79 Å². The van der Waals surface area contributed by atoms with Crippen LogP contribution in [0.25, 0.3) is 0 Å². The lowest BCUT2D eigenvalue weighted by Crippen LogP contribution is -2.49. The second-order valence-electron chi connectivity index (χ2n) is 5.94. The van der Waals surface area contributed by atoms with Crippen LogP contribution >= 0.6 is 0 Å². The van der Waals surface area contributed by atoms with Crippen molar-refractivity contribution in [2.45, 2.75) is 57.5 Å². The summed E-state index contributed by atoms with van der Waals surface area (Å²) in [6, 6.07) is 0.153. The van der Waals surface area contributed by atoms with Crippen LogP contribution in [-0.4, -0.2) is 55.9 Å². The van der Waals surface area contributed by atoms with E-state index in [1.54, 1.807) is 0 Å². The predicted molar refractivity (Wildman–Crippen MR) is 79.3 cm³/mol. The lowest BCUT2D eigenvalue weighted by Gasteiger charge is -2.35. The van der Waals surface area contributed by atoms with E-state index in [4.69, 9.17) is 0 Å². The Hall–Kier alpha value is -0.620. The number of hydrogen-bond donors (Lipinski definition) is 1. The lowest BCUT2D eigenvalue weighted by atomic mass is 9.94.